The Morgan fingerprint density at radius 3 is 2.58 bits per heavy atom. The van der Waals surface area contributed by atoms with E-state index in [1.807, 2.05) is 42.5 Å². The number of rotatable bonds is 5. The number of hydrogen-bond donors (Lipinski definition) is 0. The fraction of sp³-hybridized carbons (Fsp3) is 0.238. The first-order chi connectivity index (χ1) is 12.9. The highest BCUT2D eigenvalue weighted by Gasteiger charge is 2.18. The number of aromatic nitrogens is 2. The van der Waals surface area contributed by atoms with Gasteiger partial charge in [-0.05, 0) is 17.7 Å². The van der Waals surface area contributed by atoms with Crippen molar-refractivity contribution in [1.82, 2.24) is 9.97 Å². The minimum atomic E-state index is 0.543. The summed E-state index contributed by atoms with van der Waals surface area (Å²) in [6.07, 6.45) is 3.47. The van der Waals surface area contributed by atoms with Crippen molar-refractivity contribution in [2.45, 2.75) is 6.61 Å². The highest BCUT2D eigenvalue weighted by atomic mass is 16.5. The molecule has 2 heterocycles. The number of morpholine rings is 1. The van der Waals surface area contributed by atoms with E-state index in [1.54, 1.807) is 12.4 Å². The summed E-state index contributed by atoms with van der Waals surface area (Å²) in [5.74, 6) is 1.72. The normalized spacial score (nSPS) is 14.2. The van der Waals surface area contributed by atoms with Gasteiger partial charge in [0.2, 0.25) is 0 Å². The first kappa shape index (κ1) is 16.5. The molecule has 0 N–H and O–H groups in total. The molecule has 132 valence electrons. The van der Waals surface area contributed by atoms with Crippen LogP contribution < -0.4 is 9.64 Å². The maximum atomic E-state index is 5.96. The summed E-state index contributed by atoms with van der Waals surface area (Å²) < 4.78 is 11.4. The highest BCUT2D eigenvalue weighted by Crippen LogP contribution is 2.29. The average molecular weight is 347 g/mol. The van der Waals surface area contributed by atoms with Crippen molar-refractivity contribution in [2.75, 3.05) is 31.2 Å². The van der Waals surface area contributed by atoms with Crippen LogP contribution >= 0.6 is 0 Å². The van der Waals surface area contributed by atoms with Gasteiger partial charge in [0.15, 0.2) is 5.82 Å². The lowest BCUT2D eigenvalue weighted by Gasteiger charge is -2.28. The van der Waals surface area contributed by atoms with E-state index in [1.165, 1.54) is 0 Å². The zero-order chi connectivity index (χ0) is 17.6. The van der Waals surface area contributed by atoms with Gasteiger partial charge in [0.05, 0.1) is 13.2 Å². The number of anilines is 1. The molecule has 26 heavy (non-hydrogen) atoms. The highest BCUT2D eigenvalue weighted by molar-refractivity contribution is 5.73. The molecule has 1 fully saturated rings. The number of ether oxygens (including phenoxy) is 2. The largest absolute Gasteiger partial charge is 0.489 e. The van der Waals surface area contributed by atoms with Crippen LogP contribution in [0.5, 0.6) is 5.75 Å². The summed E-state index contributed by atoms with van der Waals surface area (Å²) in [4.78, 5) is 11.4. The lowest BCUT2D eigenvalue weighted by atomic mass is 10.1. The fourth-order valence-electron chi connectivity index (χ4n) is 3.01. The van der Waals surface area contributed by atoms with Crippen molar-refractivity contribution in [2.24, 2.45) is 0 Å². The Morgan fingerprint density at radius 2 is 1.73 bits per heavy atom. The molecular weight excluding hydrogens is 326 g/mol. The minimum absolute atomic E-state index is 0.543. The van der Waals surface area contributed by atoms with Crippen LogP contribution in [0, 0.1) is 0 Å². The zero-order valence-corrected chi connectivity index (χ0v) is 14.5. The van der Waals surface area contributed by atoms with Gasteiger partial charge < -0.3 is 14.4 Å². The van der Waals surface area contributed by atoms with Crippen molar-refractivity contribution >= 4 is 5.82 Å². The van der Waals surface area contributed by atoms with E-state index in [0.717, 1.165) is 54.7 Å². The second-order valence-electron chi connectivity index (χ2n) is 6.13. The first-order valence-electron chi connectivity index (χ1n) is 8.81. The van der Waals surface area contributed by atoms with Gasteiger partial charge in [0.1, 0.15) is 18.1 Å². The Kier molecular flexibility index (Phi) is 5.07. The van der Waals surface area contributed by atoms with Crippen LogP contribution in [-0.4, -0.2) is 36.3 Å². The summed E-state index contributed by atoms with van der Waals surface area (Å²) in [7, 11) is 0. The standard InChI is InChI=1S/C21H21N3O2/c1-2-5-17(6-3-1)16-26-19-8-4-7-18(15-19)20-21(23-10-9-22-20)24-11-13-25-14-12-24/h1-10,15H,11-14,16H2. The van der Waals surface area contributed by atoms with Crippen molar-refractivity contribution in [3.63, 3.8) is 0 Å². The topological polar surface area (TPSA) is 47.5 Å². The van der Waals surface area contributed by atoms with Gasteiger partial charge in [-0.2, -0.15) is 0 Å². The molecule has 0 unspecified atom stereocenters. The molecule has 4 rings (SSSR count). The summed E-state index contributed by atoms with van der Waals surface area (Å²) in [6.45, 7) is 3.64. The molecule has 3 aromatic rings. The van der Waals surface area contributed by atoms with Gasteiger partial charge >= 0.3 is 0 Å². The molecule has 0 radical (unpaired) electrons. The molecule has 1 saturated heterocycles. The van der Waals surface area contributed by atoms with Crippen LogP contribution in [0.2, 0.25) is 0 Å². The summed E-state index contributed by atoms with van der Waals surface area (Å²) in [5.41, 5.74) is 3.02. The Morgan fingerprint density at radius 1 is 0.923 bits per heavy atom. The molecule has 5 heteroatoms. The van der Waals surface area contributed by atoms with E-state index < -0.39 is 0 Å². The maximum absolute atomic E-state index is 5.96. The third-order valence-corrected chi connectivity index (χ3v) is 4.35. The Balaban J connectivity index is 1.56. The van der Waals surface area contributed by atoms with Crippen LogP contribution in [-0.2, 0) is 11.3 Å². The van der Waals surface area contributed by atoms with Crippen LogP contribution in [0.15, 0.2) is 67.0 Å². The van der Waals surface area contributed by atoms with Crippen molar-refractivity contribution < 1.29 is 9.47 Å². The Bertz CT molecular complexity index is 849. The van der Waals surface area contributed by atoms with Gasteiger partial charge in [-0.3, -0.25) is 4.98 Å². The molecule has 2 aromatic carbocycles. The third kappa shape index (κ3) is 3.83. The van der Waals surface area contributed by atoms with E-state index >= 15 is 0 Å². The van der Waals surface area contributed by atoms with Crippen LogP contribution in [0.25, 0.3) is 11.3 Å². The number of nitrogens with zero attached hydrogens (tertiary/aromatic N) is 3. The van der Waals surface area contributed by atoms with Gasteiger partial charge in [0, 0.05) is 31.0 Å². The molecule has 0 amide bonds. The monoisotopic (exact) mass is 347 g/mol. The molecule has 1 aliphatic rings. The lowest BCUT2D eigenvalue weighted by Crippen LogP contribution is -2.37. The number of hydrogen-bond acceptors (Lipinski definition) is 5. The van der Waals surface area contributed by atoms with Crippen LogP contribution in [0.4, 0.5) is 5.82 Å². The quantitative estimate of drug-likeness (QED) is 0.706. The molecular formula is C21H21N3O2. The SMILES string of the molecule is c1ccc(COc2cccc(-c3nccnc3N3CCOCC3)c2)cc1. The molecule has 0 spiro atoms. The first-order valence-corrected chi connectivity index (χ1v) is 8.81. The van der Waals surface area contributed by atoms with E-state index in [0.29, 0.717) is 6.61 Å². The van der Waals surface area contributed by atoms with Gasteiger partial charge in [-0.15, -0.1) is 0 Å². The Hall–Kier alpha value is -2.92. The predicted octanol–water partition coefficient (Wildman–Crippen LogP) is 3.56. The summed E-state index contributed by atoms with van der Waals surface area (Å²) in [5, 5.41) is 0. The van der Waals surface area contributed by atoms with Gasteiger partial charge in [-0.1, -0.05) is 42.5 Å². The van der Waals surface area contributed by atoms with Crippen molar-refractivity contribution in [3.8, 4) is 17.0 Å². The molecule has 1 aromatic heterocycles. The lowest BCUT2D eigenvalue weighted by molar-refractivity contribution is 0.122. The molecule has 0 atom stereocenters. The van der Waals surface area contributed by atoms with Crippen molar-refractivity contribution in [1.29, 1.82) is 0 Å². The zero-order valence-electron chi connectivity index (χ0n) is 14.5. The van der Waals surface area contributed by atoms with Gasteiger partial charge in [-0.25, -0.2) is 4.98 Å². The second-order valence-corrected chi connectivity index (χ2v) is 6.13. The van der Waals surface area contributed by atoms with Gasteiger partial charge in [0.25, 0.3) is 0 Å². The van der Waals surface area contributed by atoms with E-state index in [2.05, 4.69) is 27.0 Å². The predicted molar refractivity (Wildman–Crippen MR) is 101 cm³/mol. The summed E-state index contributed by atoms with van der Waals surface area (Å²) >= 11 is 0. The van der Waals surface area contributed by atoms with Crippen molar-refractivity contribution in [3.05, 3.63) is 72.6 Å². The summed E-state index contributed by atoms with van der Waals surface area (Å²) in [6, 6.07) is 18.2. The number of benzene rings is 2. The minimum Gasteiger partial charge on any atom is -0.489 e. The second kappa shape index (κ2) is 7.97. The molecule has 0 aliphatic carbocycles. The van der Waals surface area contributed by atoms with E-state index in [-0.39, 0.29) is 0 Å². The molecule has 1 aliphatic heterocycles. The third-order valence-electron chi connectivity index (χ3n) is 4.35. The van der Waals surface area contributed by atoms with E-state index in [4.69, 9.17) is 9.47 Å². The van der Waals surface area contributed by atoms with E-state index in [9.17, 15) is 0 Å². The fourth-order valence-corrected chi connectivity index (χ4v) is 3.01. The molecule has 5 nitrogen and oxygen atoms in total. The molecule has 0 saturated carbocycles. The average Bonchev–Trinajstić information content (AvgIpc) is 2.74. The Labute approximate surface area is 153 Å². The van der Waals surface area contributed by atoms with Crippen LogP contribution in [0.3, 0.4) is 0 Å². The maximum Gasteiger partial charge on any atom is 0.155 e. The molecule has 0 bridgehead atoms. The smallest absolute Gasteiger partial charge is 0.155 e. The van der Waals surface area contributed by atoms with Crippen LogP contribution in [0.1, 0.15) is 5.56 Å².